The van der Waals surface area contributed by atoms with E-state index >= 15 is 0 Å². The minimum Gasteiger partial charge on any atom is -0.495 e. The molecule has 1 aromatic carbocycles. The van der Waals surface area contributed by atoms with Crippen molar-refractivity contribution in [2.45, 2.75) is 0 Å². The Morgan fingerprint density at radius 2 is 1.90 bits per heavy atom. The van der Waals surface area contributed by atoms with E-state index < -0.39 is 0 Å². The lowest BCUT2D eigenvalue weighted by atomic mass is 10.2. The molecule has 0 bridgehead atoms. The molecule has 1 aromatic rings. The van der Waals surface area contributed by atoms with Crippen LogP contribution in [0.25, 0.3) is 0 Å². The molecule has 112 valence electrons. The maximum Gasteiger partial charge on any atom is 0.143 e. The van der Waals surface area contributed by atoms with Gasteiger partial charge >= 0.3 is 0 Å². The number of likely N-dealkylation sites (N-methyl/N-ethyl adjacent to an activating group) is 1. The molecule has 1 heterocycles. The lowest BCUT2D eigenvalue weighted by Crippen LogP contribution is -2.48. The molecular formula is C15H26N4O. The number of methoxy groups -OCH3 is 1. The molecular weight excluding hydrogens is 252 g/mol. The third kappa shape index (κ3) is 3.77. The van der Waals surface area contributed by atoms with E-state index in [4.69, 9.17) is 10.5 Å². The van der Waals surface area contributed by atoms with Gasteiger partial charge in [0.15, 0.2) is 0 Å². The van der Waals surface area contributed by atoms with Crippen LogP contribution in [0.4, 0.5) is 11.4 Å². The van der Waals surface area contributed by atoms with Gasteiger partial charge in [0.25, 0.3) is 0 Å². The highest BCUT2D eigenvalue weighted by Crippen LogP contribution is 2.27. The van der Waals surface area contributed by atoms with Crippen molar-refractivity contribution < 1.29 is 4.74 Å². The zero-order chi connectivity index (χ0) is 14.5. The quantitative estimate of drug-likeness (QED) is 0.813. The third-order valence-electron chi connectivity index (χ3n) is 3.82. The van der Waals surface area contributed by atoms with Crippen LogP contribution in [0, 0.1) is 0 Å². The fraction of sp³-hybridized carbons (Fsp3) is 0.600. The Morgan fingerprint density at radius 3 is 2.50 bits per heavy atom. The Bertz CT molecular complexity index is 428. The first-order valence-electron chi connectivity index (χ1n) is 7.15. The molecule has 20 heavy (non-hydrogen) atoms. The van der Waals surface area contributed by atoms with Gasteiger partial charge in [-0.05, 0) is 26.2 Å². The molecule has 1 saturated heterocycles. The van der Waals surface area contributed by atoms with Gasteiger partial charge in [0.1, 0.15) is 5.75 Å². The molecule has 5 heteroatoms. The Kier molecular flexibility index (Phi) is 5.09. The van der Waals surface area contributed by atoms with Crippen LogP contribution in [0.1, 0.15) is 0 Å². The van der Waals surface area contributed by atoms with Gasteiger partial charge in [-0.25, -0.2) is 0 Å². The van der Waals surface area contributed by atoms with E-state index in [0.29, 0.717) is 5.69 Å². The summed E-state index contributed by atoms with van der Waals surface area (Å²) < 4.78 is 5.29. The molecule has 2 rings (SSSR count). The number of ether oxygens (including phenoxy) is 1. The molecule has 0 saturated carbocycles. The van der Waals surface area contributed by atoms with E-state index in [1.54, 1.807) is 7.11 Å². The first kappa shape index (κ1) is 14.9. The molecule has 1 fully saturated rings. The highest BCUT2D eigenvalue weighted by atomic mass is 16.5. The van der Waals surface area contributed by atoms with Crippen molar-refractivity contribution in [3.8, 4) is 5.75 Å². The number of anilines is 2. The average molecular weight is 278 g/mol. The fourth-order valence-corrected chi connectivity index (χ4v) is 2.47. The summed E-state index contributed by atoms with van der Waals surface area (Å²) in [6.07, 6.45) is 0. The van der Waals surface area contributed by atoms with Crippen LogP contribution in [0.15, 0.2) is 18.2 Å². The second-order valence-electron chi connectivity index (χ2n) is 5.56. The Morgan fingerprint density at radius 1 is 1.20 bits per heavy atom. The van der Waals surface area contributed by atoms with Gasteiger partial charge in [-0.1, -0.05) is 0 Å². The smallest absolute Gasteiger partial charge is 0.143 e. The molecule has 0 spiro atoms. The zero-order valence-corrected chi connectivity index (χ0v) is 12.8. The molecule has 0 amide bonds. The van der Waals surface area contributed by atoms with Crippen molar-refractivity contribution in [3.05, 3.63) is 18.2 Å². The van der Waals surface area contributed by atoms with Crippen molar-refractivity contribution in [2.75, 3.05) is 71.1 Å². The van der Waals surface area contributed by atoms with Crippen LogP contribution >= 0.6 is 0 Å². The Balaban J connectivity index is 1.90. The second kappa shape index (κ2) is 6.81. The summed E-state index contributed by atoms with van der Waals surface area (Å²) in [4.78, 5) is 7.15. The summed E-state index contributed by atoms with van der Waals surface area (Å²) in [6, 6.07) is 6.03. The van der Waals surface area contributed by atoms with Crippen LogP contribution in [0.3, 0.4) is 0 Å². The molecule has 2 N–H and O–H groups in total. The second-order valence-corrected chi connectivity index (χ2v) is 5.56. The lowest BCUT2D eigenvalue weighted by molar-refractivity contribution is 0.229. The predicted octanol–water partition coefficient (Wildman–Crippen LogP) is 0.961. The third-order valence-corrected chi connectivity index (χ3v) is 3.82. The van der Waals surface area contributed by atoms with E-state index in [1.807, 2.05) is 12.1 Å². The van der Waals surface area contributed by atoms with Gasteiger partial charge < -0.3 is 20.3 Å². The lowest BCUT2D eigenvalue weighted by Gasteiger charge is -2.36. The number of benzene rings is 1. The molecule has 5 nitrogen and oxygen atoms in total. The number of piperazine rings is 1. The number of nitrogens with two attached hydrogens (primary N) is 1. The highest BCUT2D eigenvalue weighted by molar-refractivity contribution is 5.62. The summed E-state index contributed by atoms with van der Waals surface area (Å²) in [7, 11) is 5.91. The standard InChI is InChI=1S/C15H26N4O/c1-17(2)6-7-18-8-10-19(11-9-18)13-4-5-14(16)15(12-13)20-3/h4-5,12H,6-11,16H2,1-3H3. The van der Waals surface area contributed by atoms with Gasteiger partial charge in [0.2, 0.25) is 0 Å². The zero-order valence-electron chi connectivity index (χ0n) is 12.8. The molecule has 0 aromatic heterocycles. The Hall–Kier alpha value is -1.46. The van der Waals surface area contributed by atoms with Crippen molar-refractivity contribution >= 4 is 11.4 Å². The number of nitrogen functional groups attached to an aromatic ring is 1. The van der Waals surface area contributed by atoms with Crippen LogP contribution in [-0.4, -0.2) is 70.3 Å². The summed E-state index contributed by atoms with van der Waals surface area (Å²) in [5, 5.41) is 0. The van der Waals surface area contributed by atoms with Gasteiger partial charge in [-0.15, -0.1) is 0 Å². The minimum atomic E-state index is 0.695. The monoisotopic (exact) mass is 278 g/mol. The van der Waals surface area contributed by atoms with E-state index in [2.05, 4.69) is 34.9 Å². The summed E-state index contributed by atoms with van der Waals surface area (Å²) in [6.45, 7) is 6.60. The largest absolute Gasteiger partial charge is 0.495 e. The van der Waals surface area contributed by atoms with Crippen LogP contribution < -0.4 is 15.4 Å². The number of nitrogens with zero attached hydrogens (tertiary/aromatic N) is 3. The van der Waals surface area contributed by atoms with Crippen molar-refractivity contribution in [1.29, 1.82) is 0 Å². The van der Waals surface area contributed by atoms with E-state index in [9.17, 15) is 0 Å². The molecule has 0 unspecified atom stereocenters. The predicted molar refractivity (Wildman–Crippen MR) is 84.6 cm³/mol. The van der Waals surface area contributed by atoms with Crippen molar-refractivity contribution in [3.63, 3.8) is 0 Å². The van der Waals surface area contributed by atoms with Crippen LogP contribution in [0.5, 0.6) is 5.75 Å². The topological polar surface area (TPSA) is 45.0 Å². The summed E-state index contributed by atoms with van der Waals surface area (Å²) in [5.74, 6) is 0.762. The van der Waals surface area contributed by atoms with E-state index in [-0.39, 0.29) is 0 Å². The number of hydrogen-bond donors (Lipinski definition) is 1. The molecule has 0 radical (unpaired) electrons. The van der Waals surface area contributed by atoms with E-state index in [0.717, 1.165) is 45.0 Å². The van der Waals surface area contributed by atoms with Gasteiger partial charge in [-0.2, -0.15) is 0 Å². The van der Waals surface area contributed by atoms with Crippen molar-refractivity contribution in [1.82, 2.24) is 9.80 Å². The molecule has 1 aliphatic rings. The molecule has 1 aliphatic heterocycles. The molecule has 0 atom stereocenters. The normalized spacial score (nSPS) is 16.7. The number of hydrogen-bond acceptors (Lipinski definition) is 5. The van der Waals surface area contributed by atoms with Gasteiger partial charge in [0, 0.05) is 51.0 Å². The Labute approximate surface area is 121 Å². The fourth-order valence-electron chi connectivity index (χ4n) is 2.47. The maximum atomic E-state index is 5.86. The average Bonchev–Trinajstić information content (AvgIpc) is 2.46. The summed E-state index contributed by atoms with van der Waals surface area (Å²) in [5.41, 5.74) is 7.76. The number of rotatable bonds is 5. The highest BCUT2D eigenvalue weighted by Gasteiger charge is 2.17. The maximum absolute atomic E-state index is 5.86. The SMILES string of the molecule is COc1cc(N2CCN(CCN(C)C)CC2)ccc1N. The van der Waals surface area contributed by atoms with Crippen LogP contribution in [-0.2, 0) is 0 Å². The first-order valence-corrected chi connectivity index (χ1v) is 7.15. The molecule has 0 aliphatic carbocycles. The van der Waals surface area contributed by atoms with Gasteiger partial charge in [0.05, 0.1) is 12.8 Å². The summed E-state index contributed by atoms with van der Waals surface area (Å²) >= 11 is 0. The van der Waals surface area contributed by atoms with E-state index in [1.165, 1.54) is 5.69 Å². The van der Waals surface area contributed by atoms with Gasteiger partial charge in [-0.3, -0.25) is 4.90 Å². The first-order chi connectivity index (χ1) is 9.60. The minimum absolute atomic E-state index is 0.695. The van der Waals surface area contributed by atoms with Crippen molar-refractivity contribution in [2.24, 2.45) is 0 Å². The van der Waals surface area contributed by atoms with Crippen LogP contribution in [0.2, 0.25) is 0 Å².